The molecule has 4 N–H and O–H groups in total. The van der Waals surface area contributed by atoms with Crippen molar-refractivity contribution in [3.05, 3.63) is 33.9 Å². The van der Waals surface area contributed by atoms with E-state index in [4.69, 9.17) is 5.73 Å². The number of amides is 2. The van der Waals surface area contributed by atoms with Crippen molar-refractivity contribution in [2.75, 3.05) is 12.4 Å². The topological polar surface area (TPSA) is 127 Å². The number of anilines is 1. The molecule has 1 rings (SSSR count). The van der Waals surface area contributed by atoms with Crippen LogP contribution in [0.5, 0.6) is 0 Å². The zero-order valence-corrected chi connectivity index (χ0v) is 12.8. The van der Waals surface area contributed by atoms with Crippen LogP contribution in [0.1, 0.15) is 30.6 Å². The fourth-order valence-corrected chi connectivity index (χ4v) is 1.99. The van der Waals surface area contributed by atoms with Gasteiger partial charge in [0, 0.05) is 18.7 Å². The van der Waals surface area contributed by atoms with Crippen LogP contribution in [0.3, 0.4) is 0 Å². The van der Waals surface area contributed by atoms with E-state index in [1.54, 1.807) is 0 Å². The lowest BCUT2D eigenvalue weighted by molar-refractivity contribution is -0.384. The molecule has 0 aliphatic carbocycles. The van der Waals surface area contributed by atoms with Gasteiger partial charge in [-0.25, -0.2) is 0 Å². The highest BCUT2D eigenvalue weighted by Crippen LogP contribution is 2.27. The summed E-state index contributed by atoms with van der Waals surface area (Å²) >= 11 is 0. The van der Waals surface area contributed by atoms with E-state index in [1.807, 2.05) is 13.8 Å². The van der Waals surface area contributed by atoms with E-state index in [0.717, 1.165) is 6.07 Å². The van der Waals surface area contributed by atoms with Crippen molar-refractivity contribution in [3.8, 4) is 0 Å². The Labute approximate surface area is 128 Å². The molecule has 2 atom stereocenters. The lowest BCUT2D eigenvalue weighted by atomic mass is 9.98. The summed E-state index contributed by atoms with van der Waals surface area (Å²) in [5, 5.41) is 16.4. The molecule has 0 aliphatic rings. The molecular weight excluding hydrogens is 288 g/mol. The summed E-state index contributed by atoms with van der Waals surface area (Å²) in [5.41, 5.74) is 5.39. The summed E-state index contributed by atoms with van der Waals surface area (Å²) < 4.78 is 0. The summed E-state index contributed by atoms with van der Waals surface area (Å²) in [6, 6.07) is 3.29. The van der Waals surface area contributed by atoms with Crippen molar-refractivity contribution in [3.63, 3.8) is 0 Å². The van der Waals surface area contributed by atoms with Gasteiger partial charge in [-0.3, -0.25) is 19.7 Å². The summed E-state index contributed by atoms with van der Waals surface area (Å²) in [6.45, 7) is 3.72. The van der Waals surface area contributed by atoms with Gasteiger partial charge in [-0.05, 0) is 18.1 Å². The quantitative estimate of drug-likeness (QED) is 0.516. The molecule has 0 aliphatic heterocycles. The molecule has 0 heterocycles. The van der Waals surface area contributed by atoms with Gasteiger partial charge in [-0.1, -0.05) is 20.3 Å². The molecule has 22 heavy (non-hydrogen) atoms. The Hall–Kier alpha value is -2.64. The first kappa shape index (κ1) is 17.4. The number of carbonyl (C=O) groups excluding carboxylic acids is 2. The Morgan fingerprint density at radius 1 is 1.41 bits per heavy atom. The second kappa shape index (κ2) is 7.39. The van der Waals surface area contributed by atoms with Crippen molar-refractivity contribution in [2.24, 2.45) is 11.7 Å². The molecule has 0 radical (unpaired) electrons. The zero-order chi connectivity index (χ0) is 16.9. The Bertz CT molecular complexity index is 588. The minimum atomic E-state index is -0.727. The molecule has 0 saturated heterocycles. The van der Waals surface area contributed by atoms with Crippen molar-refractivity contribution in [1.82, 2.24) is 5.32 Å². The standard InChI is InChI=1S/C14H20N4O4/c1-4-8(2)12(13(15)19)17-10-6-5-9(14(20)16-3)7-11(10)18(21)22/h5-8,12,17H,4H2,1-3H3,(H2,15,19)(H,16,20)/t8-,12+/m0/s1. The molecule has 0 saturated carbocycles. The van der Waals surface area contributed by atoms with E-state index in [9.17, 15) is 19.7 Å². The van der Waals surface area contributed by atoms with Gasteiger partial charge in [0.05, 0.1) is 4.92 Å². The highest BCUT2D eigenvalue weighted by molar-refractivity contribution is 5.95. The molecule has 1 aromatic carbocycles. The van der Waals surface area contributed by atoms with Crippen LogP contribution in [-0.2, 0) is 4.79 Å². The molecule has 2 amide bonds. The average molecular weight is 308 g/mol. The Balaban J connectivity index is 3.20. The number of benzene rings is 1. The Morgan fingerprint density at radius 2 is 2.05 bits per heavy atom. The highest BCUT2D eigenvalue weighted by Gasteiger charge is 2.25. The monoisotopic (exact) mass is 308 g/mol. The van der Waals surface area contributed by atoms with Crippen molar-refractivity contribution < 1.29 is 14.5 Å². The van der Waals surface area contributed by atoms with Crippen LogP contribution in [0.2, 0.25) is 0 Å². The van der Waals surface area contributed by atoms with E-state index < -0.39 is 22.8 Å². The summed E-state index contributed by atoms with van der Waals surface area (Å²) in [5.74, 6) is -1.10. The largest absolute Gasteiger partial charge is 0.368 e. The van der Waals surface area contributed by atoms with Crippen molar-refractivity contribution in [2.45, 2.75) is 26.3 Å². The number of nitrogens with one attached hydrogen (secondary N) is 2. The summed E-state index contributed by atoms with van der Waals surface area (Å²) in [7, 11) is 1.44. The lowest BCUT2D eigenvalue weighted by Gasteiger charge is -2.22. The maximum Gasteiger partial charge on any atom is 0.293 e. The molecule has 0 aromatic heterocycles. The molecule has 0 spiro atoms. The lowest BCUT2D eigenvalue weighted by Crippen LogP contribution is -2.40. The number of nitrogens with zero attached hydrogens (tertiary/aromatic N) is 1. The molecule has 8 heteroatoms. The molecule has 1 aromatic rings. The predicted molar refractivity (Wildman–Crippen MR) is 82.5 cm³/mol. The van der Waals surface area contributed by atoms with E-state index >= 15 is 0 Å². The number of rotatable bonds is 7. The van der Waals surface area contributed by atoms with Gasteiger partial charge < -0.3 is 16.4 Å². The van der Waals surface area contributed by atoms with Crippen LogP contribution in [0.25, 0.3) is 0 Å². The fraction of sp³-hybridized carbons (Fsp3) is 0.429. The summed E-state index contributed by atoms with van der Waals surface area (Å²) in [6.07, 6.45) is 0.685. The van der Waals surface area contributed by atoms with Gasteiger partial charge >= 0.3 is 0 Å². The molecule has 0 unspecified atom stereocenters. The van der Waals surface area contributed by atoms with E-state index in [1.165, 1.54) is 19.2 Å². The third kappa shape index (κ3) is 3.94. The van der Waals surface area contributed by atoms with Gasteiger partial charge in [0.15, 0.2) is 0 Å². The smallest absolute Gasteiger partial charge is 0.293 e. The molecule has 0 bridgehead atoms. The normalized spacial score (nSPS) is 13.0. The van der Waals surface area contributed by atoms with E-state index in [0.29, 0.717) is 6.42 Å². The van der Waals surface area contributed by atoms with Gasteiger partial charge in [-0.15, -0.1) is 0 Å². The van der Waals surface area contributed by atoms with Gasteiger partial charge in [0.25, 0.3) is 11.6 Å². The number of carbonyl (C=O) groups is 2. The number of hydrogen-bond acceptors (Lipinski definition) is 5. The van der Waals surface area contributed by atoms with Gasteiger partial charge in [0.1, 0.15) is 11.7 Å². The number of nitro groups is 1. The highest BCUT2D eigenvalue weighted by atomic mass is 16.6. The second-order valence-corrected chi connectivity index (χ2v) is 4.98. The average Bonchev–Trinajstić information content (AvgIpc) is 2.50. The van der Waals surface area contributed by atoms with Crippen molar-refractivity contribution >= 4 is 23.2 Å². The number of nitrogens with two attached hydrogens (primary N) is 1. The molecular formula is C14H20N4O4. The van der Waals surface area contributed by atoms with Crippen LogP contribution >= 0.6 is 0 Å². The number of hydrogen-bond donors (Lipinski definition) is 3. The Morgan fingerprint density at radius 3 is 2.50 bits per heavy atom. The maximum atomic E-state index is 11.6. The first-order chi connectivity index (χ1) is 10.3. The van der Waals surface area contributed by atoms with Gasteiger partial charge in [-0.2, -0.15) is 0 Å². The minimum absolute atomic E-state index is 0.0873. The zero-order valence-electron chi connectivity index (χ0n) is 12.8. The Kier molecular flexibility index (Phi) is 5.85. The van der Waals surface area contributed by atoms with Gasteiger partial charge in [0.2, 0.25) is 5.91 Å². The minimum Gasteiger partial charge on any atom is -0.368 e. The van der Waals surface area contributed by atoms with E-state index in [-0.39, 0.29) is 22.9 Å². The third-order valence-electron chi connectivity index (χ3n) is 3.51. The second-order valence-electron chi connectivity index (χ2n) is 4.98. The van der Waals surface area contributed by atoms with Crippen LogP contribution in [0.15, 0.2) is 18.2 Å². The fourth-order valence-electron chi connectivity index (χ4n) is 1.99. The van der Waals surface area contributed by atoms with E-state index in [2.05, 4.69) is 10.6 Å². The number of nitro benzene ring substituents is 1. The molecule has 8 nitrogen and oxygen atoms in total. The van der Waals surface area contributed by atoms with Crippen LogP contribution in [0.4, 0.5) is 11.4 Å². The first-order valence-corrected chi connectivity index (χ1v) is 6.88. The number of primary amides is 1. The SMILES string of the molecule is CC[C@H](C)[C@@H](Nc1ccc(C(=O)NC)cc1[N+](=O)[O-])C(N)=O. The predicted octanol–water partition coefficient (Wildman–Crippen LogP) is 1.27. The van der Waals surface area contributed by atoms with Crippen LogP contribution in [0, 0.1) is 16.0 Å². The maximum absolute atomic E-state index is 11.6. The van der Waals surface area contributed by atoms with Crippen LogP contribution < -0.4 is 16.4 Å². The summed E-state index contributed by atoms with van der Waals surface area (Å²) in [4.78, 5) is 33.7. The van der Waals surface area contributed by atoms with Crippen LogP contribution in [-0.4, -0.2) is 29.8 Å². The molecule has 0 fully saturated rings. The first-order valence-electron chi connectivity index (χ1n) is 6.88. The van der Waals surface area contributed by atoms with Crippen molar-refractivity contribution in [1.29, 1.82) is 0 Å². The third-order valence-corrected chi connectivity index (χ3v) is 3.51. The molecule has 120 valence electrons.